The van der Waals surface area contributed by atoms with Gasteiger partial charge in [-0.05, 0) is 32.6 Å². The maximum absolute atomic E-state index is 11.5. The van der Waals surface area contributed by atoms with E-state index in [2.05, 4.69) is 15.6 Å². The van der Waals surface area contributed by atoms with E-state index in [1.807, 2.05) is 6.92 Å². The minimum absolute atomic E-state index is 0. The molecule has 0 amide bonds. The Morgan fingerprint density at radius 2 is 1.81 bits per heavy atom. The van der Waals surface area contributed by atoms with Crippen LogP contribution in [0.5, 0.6) is 0 Å². The highest BCUT2D eigenvalue weighted by molar-refractivity contribution is 14.0. The third-order valence-electron chi connectivity index (χ3n) is 4.99. The molecule has 154 valence electrons. The second-order valence-electron chi connectivity index (χ2n) is 7.68. The third kappa shape index (κ3) is 9.73. The first-order chi connectivity index (χ1) is 11.9. The first kappa shape index (κ1) is 23.9. The van der Waals surface area contributed by atoms with Crippen molar-refractivity contribution < 1.29 is 13.2 Å². The van der Waals surface area contributed by atoms with Crippen LogP contribution in [0.4, 0.5) is 0 Å². The van der Waals surface area contributed by atoms with Crippen LogP contribution in [-0.2, 0) is 14.6 Å². The molecule has 2 fully saturated rings. The third-order valence-corrected chi connectivity index (χ3v) is 6.13. The van der Waals surface area contributed by atoms with Gasteiger partial charge in [-0.25, -0.2) is 8.42 Å². The van der Waals surface area contributed by atoms with Crippen molar-refractivity contribution in [3.05, 3.63) is 0 Å². The lowest BCUT2D eigenvalue weighted by Gasteiger charge is -2.17. The van der Waals surface area contributed by atoms with Crippen LogP contribution >= 0.6 is 24.0 Å². The highest BCUT2D eigenvalue weighted by Gasteiger charge is 2.45. The number of hydrogen-bond acceptors (Lipinski definition) is 4. The average Bonchev–Trinajstić information content (AvgIpc) is 3.32. The Hall–Kier alpha value is -0.0900. The van der Waals surface area contributed by atoms with E-state index >= 15 is 0 Å². The molecular formula is C18H36IN3O3S. The largest absolute Gasteiger partial charge is 0.376 e. The predicted molar refractivity (Wildman–Crippen MR) is 118 cm³/mol. The highest BCUT2D eigenvalue weighted by Crippen LogP contribution is 2.46. The topological polar surface area (TPSA) is 79.8 Å². The fourth-order valence-electron chi connectivity index (χ4n) is 3.47. The van der Waals surface area contributed by atoms with Crippen molar-refractivity contribution in [3.8, 4) is 0 Å². The molecule has 2 rings (SSSR count). The number of nitrogens with one attached hydrogen (secondary N) is 2. The van der Waals surface area contributed by atoms with Gasteiger partial charge in [0.25, 0.3) is 0 Å². The molecule has 8 heteroatoms. The van der Waals surface area contributed by atoms with E-state index in [0.29, 0.717) is 19.3 Å². The fraction of sp³-hybridized carbons (Fsp3) is 0.944. The van der Waals surface area contributed by atoms with E-state index < -0.39 is 9.84 Å². The van der Waals surface area contributed by atoms with E-state index in [-0.39, 0.29) is 35.1 Å². The molecule has 6 nitrogen and oxygen atoms in total. The van der Waals surface area contributed by atoms with Gasteiger partial charge in [0.1, 0.15) is 9.84 Å². The quantitative estimate of drug-likeness (QED) is 0.167. The van der Waals surface area contributed by atoms with Gasteiger partial charge in [0, 0.05) is 31.3 Å². The zero-order valence-electron chi connectivity index (χ0n) is 16.3. The molecule has 2 saturated carbocycles. The van der Waals surface area contributed by atoms with Gasteiger partial charge in [-0.2, -0.15) is 0 Å². The van der Waals surface area contributed by atoms with Crippen molar-refractivity contribution in [1.82, 2.24) is 10.6 Å². The van der Waals surface area contributed by atoms with Gasteiger partial charge in [-0.15, -0.1) is 24.0 Å². The molecule has 0 bridgehead atoms. The standard InChI is InChI=1S/C18H35N3O3S.HI/c1-3-19-17(21-14-18(10-11-18)15-25(2,22)23)20-12-13-24-16-8-6-4-5-7-9-16;/h16H,3-15H2,1-2H3,(H2,19,20,21);1H. The Labute approximate surface area is 176 Å². The number of rotatable bonds is 9. The summed E-state index contributed by atoms with van der Waals surface area (Å²) >= 11 is 0. The number of ether oxygens (including phenoxy) is 1. The van der Waals surface area contributed by atoms with Crippen molar-refractivity contribution in [1.29, 1.82) is 0 Å². The number of aliphatic imine (C=N–C) groups is 1. The summed E-state index contributed by atoms with van der Waals surface area (Å²) in [5.41, 5.74) is -0.132. The lowest BCUT2D eigenvalue weighted by Crippen LogP contribution is -2.40. The van der Waals surface area contributed by atoms with Crippen LogP contribution in [0.1, 0.15) is 58.3 Å². The van der Waals surface area contributed by atoms with E-state index in [0.717, 1.165) is 31.9 Å². The van der Waals surface area contributed by atoms with Gasteiger partial charge < -0.3 is 15.4 Å². The molecule has 0 saturated heterocycles. The summed E-state index contributed by atoms with van der Waals surface area (Å²) in [6, 6.07) is 0. The van der Waals surface area contributed by atoms with Crippen LogP contribution in [0.25, 0.3) is 0 Å². The maximum atomic E-state index is 11.5. The molecule has 0 atom stereocenters. The Bertz CT molecular complexity index is 528. The molecule has 0 aromatic carbocycles. The predicted octanol–water partition coefficient (Wildman–Crippen LogP) is 2.72. The second kappa shape index (κ2) is 11.7. The Balaban J connectivity index is 0.00000338. The van der Waals surface area contributed by atoms with Crippen LogP contribution in [-0.4, -0.2) is 58.7 Å². The summed E-state index contributed by atoms with van der Waals surface area (Å²) < 4.78 is 29.1. The molecule has 2 N–H and O–H groups in total. The first-order valence-electron chi connectivity index (χ1n) is 9.74. The van der Waals surface area contributed by atoms with Crippen LogP contribution in [0.15, 0.2) is 4.99 Å². The molecule has 2 aliphatic carbocycles. The second-order valence-corrected chi connectivity index (χ2v) is 9.82. The monoisotopic (exact) mass is 501 g/mol. The highest BCUT2D eigenvalue weighted by atomic mass is 127. The maximum Gasteiger partial charge on any atom is 0.191 e. The van der Waals surface area contributed by atoms with E-state index in [1.165, 1.54) is 44.8 Å². The summed E-state index contributed by atoms with van der Waals surface area (Å²) in [5.74, 6) is 1.000. The Morgan fingerprint density at radius 3 is 2.35 bits per heavy atom. The first-order valence-corrected chi connectivity index (χ1v) is 11.8. The number of nitrogens with zero attached hydrogens (tertiary/aromatic N) is 1. The van der Waals surface area contributed by atoms with Crippen molar-refractivity contribution in [2.75, 3.05) is 38.2 Å². The molecule has 0 spiro atoms. The molecular weight excluding hydrogens is 465 g/mol. The molecule has 26 heavy (non-hydrogen) atoms. The van der Waals surface area contributed by atoms with Crippen LogP contribution < -0.4 is 10.6 Å². The van der Waals surface area contributed by atoms with E-state index in [9.17, 15) is 8.42 Å². The van der Waals surface area contributed by atoms with E-state index in [4.69, 9.17) is 4.74 Å². The number of sulfone groups is 1. The van der Waals surface area contributed by atoms with E-state index in [1.54, 1.807) is 0 Å². The van der Waals surface area contributed by atoms with Gasteiger partial charge >= 0.3 is 0 Å². The summed E-state index contributed by atoms with van der Waals surface area (Å²) in [6.07, 6.45) is 11.2. The summed E-state index contributed by atoms with van der Waals surface area (Å²) in [5, 5.41) is 6.53. The molecule has 2 aliphatic rings. The van der Waals surface area contributed by atoms with Gasteiger partial charge in [-0.3, -0.25) is 4.99 Å². The fourth-order valence-corrected chi connectivity index (χ4v) is 4.97. The lowest BCUT2D eigenvalue weighted by atomic mass is 10.1. The summed E-state index contributed by atoms with van der Waals surface area (Å²) in [4.78, 5) is 4.61. The zero-order chi connectivity index (χ0) is 18.2. The number of hydrogen-bond donors (Lipinski definition) is 2. The van der Waals surface area contributed by atoms with Crippen molar-refractivity contribution >= 4 is 39.8 Å². The number of halogens is 1. The Morgan fingerprint density at radius 1 is 1.15 bits per heavy atom. The molecule has 0 aromatic heterocycles. The lowest BCUT2D eigenvalue weighted by molar-refractivity contribution is 0.0468. The van der Waals surface area contributed by atoms with Crippen LogP contribution in [0.2, 0.25) is 0 Å². The minimum atomic E-state index is -2.95. The van der Waals surface area contributed by atoms with Crippen molar-refractivity contribution in [3.63, 3.8) is 0 Å². The average molecular weight is 501 g/mol. The van der Waals surface area contributed by atoms with Crippen LogP contribution in [0, 0.1) is 5.41 Å². The molecule has 0 aliphatic heterocycles. The number of guanidine groups is 1. The minimum Gasteiger partial charge on any atom is -0.376 e. The zero-order valence-corrected chi connectivity index (χ0v) is 19.4. The smallest absolute Gasteiger partial charge is 0.191 e. The molecule has 0 unspecified atom stereocenters. The summed E-state index contributed by atoms with van der Waals surface area (Å²) in [7, 11) is -2.95. The van der Waals surface area contributed by atoms with Crippen molar-refractivity contribution in [2.45, 2.75) is 64.4 Å². The SMILES string of the molecule is CCNC(=NCC1(CS(C)(=O)=O)CC1)NCCOC1CCCCCC1.I. The van der Waals surface area contributed by atoms with Gasteiger partial charge in [0.05, 0.1) is 18.5 Å². The Kier molecular flexibility index (Phi) is 10.8. The van der Waals surface area contributed by atoms with Crippen LogP contribution in [0.3, 0.4) is 0 Å². The molecule has 0 aromatic rings. The summed E-state index contributed by atoms with van der Waals surface area (Å²) in [6.45, 7) is 4.79. The normalized spacial score (nSPS) is 20.8. The molecule has 0 radical (unpaired) electrons. The van der Waals surface area contributed by atoms with Crippen molar-refractivity contribution in [2.24, 2.45) is 10.4 Å². The van der Waals surface area contributed by atoms with Gasteiger partial charge in [0.2, 0.25) is 0 Å². The van der Waals surface area contributed by atoms with Gasteiger partial charge in [0.15, 0.2) is 5.96 Å². The van der Waals surface area contributed by atoms with Gasteiger partial charge in [-0.1, -0.05) is 25.7 Å². The molecule has 0 heterocycles.